The molecule has 1 unspecified atom stereocenters. The second kappa shape index (κ2) is 14.4. The van der Waals surface area contributed by atoms with E-state index in [1.165, 1.54) is 49.4 Å². The summed E-state index contributed by atoms with van der Waals surface area (Å²) in [5.41, 5.74) is 1.66. The van der Waals surface area contributed by atoms with Crippen LogP contribution < -0.4 is 14.4 Å². The van der Waals surface area contributed by atoms with E-state index in [1.807, 2.05) is 30.3 Å². The van der Waals surface area contributed by atoms with Gasteiger partial charge in [-0.3, -0.25) is 13.9 Å². The topological polar surface area (TPSA) is 96.0 Å². The van der Waals surface area contributed by atoms with Crippen LogP contribution in [0.4, 0.5) is 5.69 Å². The number of rotatable bonds is 12. The van der Waals surface area contributed by atoms with Gasteiger partial charge in [0.15, 0.2) is 0 Å². The average molecular weight is 641 g/mol. The Morgan fingerprint density at radius 1 is 0.860 bits per heavy atom. The SMILES string of the molecule is CNC(=O)C(Cc1ccccc1)N(Cc1cccc(Cl)c1)C(=O)CN(c1ccc(OC)c(Cl)c1)S(=O)(=O)c1ccccc1. The number of anilines is 1. The predicted molar refractivity (Wildman–Crippen MR) is 169 cm³/mol. The number of carbonyl (C=O) groups is 2. The molecule has 0 radical (unpaired) electrons. The molecule has 1 N–H and O–H groups in total. The summed E-state index contributed by atoms with van der Waals surface area (Å²) in [5.74, 6) is -0.654. The normalized spacial score (nSPS) is 11.8. The van der Waals surface area contributed by atoms with Crippen molar-refractivity contribution in [3.63, 3.8) is 0 Å². The summed E-state index contributed by atoms with van der Waals surface area (Å²) in [6, 6.07) is 27.5. The fourth-order valence-corrected chi connectivity index (χ4v) is 6.50. The number of hydrogen-bond donors (Lipinski definition) is 1. The number of benzene rings is 4. The summed E-state index contributed by atoms with van der Waals surface area (Å²) in [6.07, 6.45) is 0.201. The molecule has 4 rings (SSSR count). The van der Waals surface area contributed by atoms with E-state index in [1.54, 1.807) is 42.5 Å². The van der Waals surface area contributed by atoms with Crippen molar-refractivity contribution in [3.8, 4) is 5.75 Å². The number of sulfonamides is 1. The summed E-state index contributed by atoms with van der Waals surface area (Å²) in [4.78, 5) is 29.0. The van der Waals surface area contributed by atoms with Gasteiger partial charge in [-0.2, -0.15) is 0 Å². The maximum atomic E-state index is 14.3. The van der Waals surface area contributed by atoms with Gasteiger partial charge in [-0.1, -0.05) is 83.9 Å². The zero-order valence-electron chi connectivity index (χ0n) is 23.6. The van der Waals surface area contributed by atoms with Crippen molar-refractivity contribution in [2.24, 2.45) is 0 Å². The highest BCUT2D eigenvalue weighted by Crippen LogP contribution is 2.32. The van der Waals surface area contributed by atoms with E-state index in [4.69, 9.17) is 27.9 Å². The Morgan fingerprint density at radius 3 is 2.12 bits per heavy atom. The van der Waals surface area contributed by atoms with Crippen LogP contribution in [0.15, 0.2) is 108 Å². The fourth-order valence-electron chi connectivity index (χ4n) is 4.61. The van der Waals surface area contributed by atoms with Crippen LogP contribution >= 0.6 is 23.2 Å². The minimum atomic E-state index is -4.24. The van der Waals surface area contributed by atoms with Crippen LogP contribution in [0, 0.1) is 0 Å². The van der Waals surface area contributed by atoms with Crippen LogP contribution in [-0.2, 0) is 32.6 Å². The van der Waals surface area contributed by atoms with E-state index in [0.717, 1.165) is 9.87 Å². The van der Waals surface area contributed by atoms with Crippen LogP contribution in [0.1, 0.15) is 11.1 Å². The lowest BCUT2D eigenvalue weighted by Crippen LogP contribution is -2.53. The van der Waals surface area contributed by atoms with E-state index in [9.17, 15) is 18.0 Å². The van der Waals surface area contributed by atoms with Crippen molar-refractivity contribution in [1.82, 2.24) is 10.2 Å². The molecule has 0 aliphatic heterocycles. The molecule has 4 aromatic carbocycles. The highest BCUT2D eigenvalue weighted by Gasteiger charge is 2.34. The standard InChI is InChI=1S/C32H31Cl2N3O5S/c1-35-32(39)29(19-23-10-5-3-6-11-23)36(21-24-12-9-13-25(33)18-24)31(38)22-37(26-16-17-30(42-2)28(34)20-26)43(40,41)27-14-7-4-8-15-27/h3-18,20,29H,19,21-22H2,1-2H3,(H,35,39). The molecule has 43 heavy (non-hydrogen) atoms. The highest BCUT2D eigenvalue weighted by molar-refractivity contribution is 7.92. The summed E-state index contributed by atoms with van der Waals surface area (Å²) in [7, 11) is -1.30. The van der Waals surface area contributed by atoms with Gasteiger partial charge in [-0.25, -0.2) is 8.42 Å². The maximum Gasteiger partial charge on any atom is 0.264 e. The largest absolute Gasteiger partial charge is 0.495 e. The molecule has 0 bridgehead atoms. The van der Waals surface area contributed by atoms with Crippen molar-refractivity contribution in [3.05, 3.63) is 124 Å². The van der Waals surface area contributed by atoms with E-state index >= 15 is 0 Å². The molecule has 0 aliphatic rings. The Labute approximate surface area is 261 Å². The number of amides is 2. The van der Waals surface area contributed by atoms with Gasteiger partial charge in [0.2, 0.25) is 11.8 Å². The van der Waals surface area contributed by atoms with Crippen LogP contribution in [-0.4, -0.2) is 51.9 Å². The van der Waals surface area contributed by atoms with Crippen molar-refractivity contribution in [2.45, 2.75) is 23.9 Å². The Bertz CT molecular complexity index is 1670. The quantitative estimate of drug-likeness (QED) is 0.218. The van der Waals surface area contributed by atoms with Gasteiger partial charge in [0.05, 0.1) is 22.7 Å². The lowest BCUT2D eigenvalue weighted by atomic mass is 10.0. The lowest BCUT2D eigenvalue weighted by molar-refractivity contribution is -0.139. The molecule has 1 atom stereocenters. The van der Waals surface area contributed by atoms with Gasteiger partial charge in [-0.05, 0) is 53.6 Å². The monoisotopic (exact) mass is 639 g/mol. The Balaban J connectivity index is 1.80. The molecular weight excluding hydrogens is 609 g/mol. The first-order valence-electron chi connectivity index (χ1n) is 13.3. The molecule has 8 nitrogen and oxygen atoms in total. The van der Waals surface area contributed by atoms with Gasteiger partial charge >= 0.3 is 0 Å². The molecular formula is C32H31Cl2N3O5S. The first-order chi connectivity index (χ1) is 20.6. The lowest BCUT2D eigenvalue weighted by Gasteiger charge is -2.33. The smallest absolute Gasteiger partial charge is 0.264 e. The number of hydrogen-bond acceptors (Lipinski definition) is 5. The van der Waals surface area contributed by atoms with Crippen LogP contribution in [0.5, 0.6) is 5.75 Å². The molecule has 0 heterocycles. The van der Waals surface area contributed by atoms with Crippen LogP contribution in [0.25, 0.3) is 0 Å². The van der Waals surface area contributed by atoms with Gasteiger partial charge < -0.3 is 15.0 Å². The third-order valence-electron chi connectivity index (χ3n) is 6.79. The number of nitrogens with one attached hydrogen (secondary N) is 1. The Hall–Kier alpha value is -4.05. The maximum absolute atomic E-state index is 14.3. The van der Waals surface area contributed by atoms with E-state index < -0.39 is 34.4 Å². The zero-order chi connectivity index (χ0) is 31.0. The number of carbonyl (C=O) groups excluding carboxylic acids is 2. The zero-order valence-corrected chi connectivity index (χ0v) is 25.9. The van der Waals surface area contributed by atoms with E-state index in [0.29, 0.717) is 16.3 Å². The number of nitrogens with zero attached hydrogens (tertiary/aromatic N) is 2. The van der Waals surface area contributed by atoms with Crippen molar-refractivity contribution >= 4 is 50.7 Å². The van der Waals surface area contributed by atoms with Gasteiger partial charge in [0, 0.05) is 25.0 Å². The second-order valence-electron chi connectivity index (χ2n) is 9.61. The number of likely N-dealkylation sites (N-methyl/N-ethyl adjacent to an activating group) is 1. The molecule has 0 fully saturated rings. The third kappa shape index (κ3) is 7.87. The van der Waals surface area contributed by atoms with Crippen molar-refractivity contribution in [2.75, 3.05) is 25.0 Å². The molecule has 0 saturated carbocycles. The Kier molecular flexibility index (Phi) is 10.7. The van der Waals surface area contributed by atoms with E-state index in [2.05, 4.69) is 5.32 Å². The molecule has 224 valence electrons. The average Bonchev–Trinajstić information content (AvgIpc) is 3.02. The molecule has 0 saturated heterocycles. The predicted octanol–water partition coefficient (Wildman–Crippen LogP) is 5.58. The van der Waals surface area contributed by atoms with Crippen molar-refractivity contribution < 1.29 is 22.7 Å². The summed E-state index contributed by atoms with van der Waals surface area (Å²) in [5, 5.41) is 3.29. The third-order valence-corrected chi connectivity index (χ3v) is 9.11. The first-order valence-corrected chi connectivity index (χ1v) is 15.5. The van der Waals surface area contributed by atoms with Crippen molar-refractivity contribution in [1.29, 1.82) is 0 Å². The fraction of sp³-hybridized carbons (Fsp3) is 0.188. The molecule has 0 spiro atoms. The molecule has 0 aromatic heterocycles. The molecule has 11 heteroatoms. The van der Waals surface area contributed by atoms with Crippen LogP contribution in [0.2, 0.25) is 10.0 Å². The van der Waals surface area contributed by atoms with Gasteiger partial charge in [-0.15, -0.1) is 0 Å². The molecule has 2 amide bonds. The Morgan fingerprint density at radius 2 is 1.51 bits per heavy atom. The summed E-state index contributed by atoms with van der Waals surface area (Å²) < 4.78 is 34.2. The number of methoxy groups -OCH3 is 1. The second-order valence-corrected chi connectivity index (χ2v) is 12.3. The minimum absolute atomic E-state index is 0.00685. The minimum Gasteiger partial charge on any atom is -0.495 e. The van der Waals surface area contributed by atoms with E-state index in [-0.39, 0.29) is 28.6 Å². The molecule has 0 aliphatic carbocycles. The highest BCUT2D eigenvalue weighted by atomic mass is 35.5. The summed E-state index contributed by atoms with van der Waals surface area (Å²) in [6.45, 7) is -0.602. The number of halogens is 2. The van der Waals surface area contributed by atoms with Gasteiger partial charge in [0.1, 0.15) is 18.3 Å². The van der Waals surface area contributed by atoms with Gasteiger partial charge in [0.25, 0.3) is 10.0 Å². The summed E-state index contributed by atoms with van der Waals surface area (Å²) >= 11 is 12.6. The van der Waals surface area contributed by atoms with Crippen LogP contribution in [0.3, 0.4) is 0 Å². The molecule has 4 aromatic rings. The number of ether oxygens (including phenoxy) is 1. The first kappa shape index (κ1) is 31.9.